The fourth-order valence-corrected chi connectivity index (χ4v) is 5.05. The molecule has 6 nitrogen and oxygen atoms in total. The number of benzene rings is 2. The van der Waals surface area contributed by atoms with Crippen LogP contribution in [0.2, 0.25) is 0 Å². The first-order valence-corrected chi connectivity index (χ1v) is 11.7. The summed E-state index contributed by atoms with van der Waals surface area (Å²) < 4.78 is 14.2. The van der Waals surface area contributed by atoms with Crippen molar-refractivity contribution in [3.05, 3.63) is 75.5 Å². The number of urea groups is 1. The summed E-state index contributed by atoms with van der Waals surface area (Å²) in [7, 11) is 0. The number of fused-ring (bicyclic) bond motifs is 2. The molecule has 2 atom stereocenters. The van der Waals surface area contributed by atoms with Gasteiger partial charge in [-0.1, -0.05) is 40.2 Å². The molecule has 0 bridgehead atoms. The summed E-state index contributed by atoms with van der Waals surface area (Å²) in [5, 5.41) is 2.79. The lowest BCUT2D eigenvalue weighted by atomic mass is 9.92. The summed E-state index contributed by atoms with van der Waals surface area (Å²) in [6, 6.07) is 10.9. The smallest absolute Gasteiger partial charge is 0.326 e. The van der Waals surface area contributed by atoms with E-state index in [0.717, 1.165) is 33.3 Å². The minimum atomic E-state index is -1.28. The zero-order valence-corrected chi connectivity index (χ0v) is 19.6. The summed E-state index contributed by atoms with van der Waals surface area (Å²) in [6.45, 7) is 1.94. The summed E-state index contributed by atoms with van der Waals surface area (Å²) >= 11 is 3.42. The number of amides is 4. The maximum atomic E-state index is 13.4. The molecule has 4 amide bonds. The van der Waals surface area contributed by atoms with Crippen LogP contribution in [-0.4, -0.2) is 40.2 Å². The SMILES string of the molecule is CC(C1CC1)N(Cc1ccc(F)cc1)C(=O)CN1C(=O)NC2(C=Cc3cc(Br)ccc32)C1=O. The Morgan fingerprint density at radius 3 is 2.67 bits per heavy atom. The number of halogens is 2. The molecule has 2 unspecified atom stereocenters. The molecule has 8 heteroatoms. The van der Waals surface area contributed by atoms with E-state index in [4.69, 9.17) is 0 Å². The van der Waals surface area contributed by atoms with Crippen molar-refractivity contribution in [2.24, 2.45) is 5.92 Å². The van der Waals surface area contributed by atoms with E-state index in [9.17, 15) is 18.8 Å². The molecule has 2 aromatic rings. The molecule has 0 aromatic heterocycles. The second-order valence-corrected chi connectivity index (χ2v) is 9.84. The third-order valence-electron chi connectivity index (χ3n) is 6.76. The third-order valence-corrected chi connectivity index (χ3v) is 7.25. The van der Waals surface area contributed by atoms with Gasteiger partial charge in [0.05, 0.1) is 0 Å². The molecule has 2 aromatic carbocycles. The molecule has 2 aliphatic carbocycles. The summed E-state index contributed by atoms with van der Waals surface area (Å²) in [6.07, 6.45) is 5.56. The quantitative estimate of drug-likeness (QED) is 0.591. The fraction of sp³-hybridized carbons (Fsp3) is 0.320. The lowest BCUT2D eigenvalue weighted by Crippen LogP contribution is -2.47. The average Bonchev–Trinajstić information content (AvgIpc) is 3.54. The maximum Gasteiger partial charge on any atom is 0.326 e. The first kappa shape index (κ1) is 21.8. The Kier molecular flexibility index (Phi) is 5.35. The van der Waals surface area contributed by atoms with Gasteiger partial charge in [-0.15, -0.1) is 0 Å². The van der Waals surface area contributed by atoms with Crippen LogP contribution in [0.25, 0.3) is 6.08 Å². The Balaban J connectivity index is 1.37. The highest BCUT2D eigenvalue weighted by atomic mass is 79.9. The van der Waals surface area contributed by atoms with Gasteiger partial charge in [0.2, 0.25) is 5.91 Å². The number of nitrogens with one attached hydrogen (secondary N) is 1. The second kappa shape index (κ2) is 8.09. The fourth-order valence-electron chi connectivity index (χ4n) is 4.67. The molecule has 1 aliphatic heterocycles. The zero-order chi connectivity index (χ0) is 23.3. The van der Waals surface area contributed by atoms with Gasteiger partial charge in [0, 0.05) is 17.1 Å². The van der Waals surface area contributed by atoms with Crippen molar-refractivity contribution in [1.82, 2.24) is 15.1 Å². The van der Waals surface area contributed by atoms with E-state index in [0.29, 0.717) is 18.0 Å². The number of rotatable bonds is 6. The third kappa shape index (κ3) is 3.86. The lowest BCUT2D eigenvalue weighted by molar-refractivity contribution is -0.140. The molecule has 1 saturated carbocycles. The Labute approximate surface area is 199 Å². The predicted octanol–water partition coefficient (Wildman–Crippen LogP) is 4.19. The first-order valence-electron chi connectivity index (χ1n) is 11.0. The summed E-state index contributed by atoms with van der Waals surface area (Å²) in [4.78, 5) is 42.3. The van der Waals surface area contributed by atoms with Crippen molar-refractivity contribution in [3.8, 4) is 0 Å². The van der Waals surface area contributed by atoms with Crippen LogP contribution in [0.5, 0.6) is 0 Å². The minimum absolute atomic E-state index is 0.0401. The van der Waals surface area contributed by atoms with Gasteiger partial charge in [0.25, 0.3) is 5.91 Å². The van der Waals surface area contributed by atoms with E-state index in [1.54, 1.807) is 35.3 Å². The molecule has 0 radical (unpaired) electrons. The van der Waals surface area contributed by atoms with Crippen LogP contribution in [0.1, 0.15) is 36.5 Å². The van der Waals surface area contributed by atoms with Crippen molar-refractivity contribution in [2.75, 3.05) is 6.54 Å². The molecule has 1 spiro atoms. The topological polar surface area (TPSA) is 69.7 Å². The Morgan fingerprint density at radius 1 is 1.24 bits per heavy atom. The Morgan fingerprint density at radius 2 is 1.97 bits per heavy atom. The highest BCUT2D eigenvalue weighted by molar-refractivity contribution is 9.10. The van der Waals surface area contributed by atoms with Crippen molar-refractivity contribution >= 4 is 39.9 Å². The maximum absolute atomic E-state index is 13.4. The predicted molar refractivity (Wildman–Crippen MR) is 124 cm³/mol. The molecule has 3 aliphatic rings. The Hall–Kier alpha value is -3.00. The molecule has 1 saturated heterocycles. The normalized spacial score (nSPS) is 22.0. The van der Waals surface area contributed by atoms with Crippen LogP contribution in [0.4, 0.5) is 9.18 Å². The van der Waals surface area contributed by atoms with Gasteiger partial charge in [-0.3, -0.25) is 14.5 Å². The van der Waals surface area contributed by atoms with Gasteiger partial charge in [-0.05, 0) is 72.7 Å². The van der Waals surface area contributed by atoms with Gasteiger partial charge in [-0.25, -0.2) is 9.18 Å². The molecule has 2 fully saturated rings. The van der Waals surface area contributed by atoms with E-state index in [1.807, 2.05) is 19.1 Å². The Bertz CT molecular complexity index is 1180. The number of carbonyl (C=O) groups is 3. The van der Waals surface area contributed by atoms with E-state index in [-0.39, 0.29) is 24.3 Å². The van der Waals surface area contributed by atoms with Crippen molar-refractivity contribution in [1.29, 1.82) is 0 Å². The van der Waals surface area contributed by atoms with Gasteiger partial charge >= 0.3 is 6.03 Å². The van der Waals surface area contributed by atoms with Gasteiger partial charge in [0.15, 0.2) is 5.54 Å². The van der Waals surface area contributed by atoms with Crippen molar-refractivity contribution < 1.29 is 18.8 Å². The number of nitrogens with zero attached hydrogens (tertiary/aromatic N) is 2. The van der Waals surface area contributed by atoms with Crippen LogP contribution < -0.4 is 5.32 Å². The lowest BCUT2D eigenvalue weighted by Gasteiger charge is -2.31. The number of imide groups is 1. The first-order chi connectivity index (χ1) is 15.8. The van der Waals surface area contributed by atoms with Crippen LogP contribution >= 0.6 is 15.9 Å². The van der Waals surface area contributed by atoms with Crippen LogP contribution in [0.15, 0.2) is 53.0 Å². The van der Waals surface area contributed by atoms with Crippen molar-refractivity contribution in [2.45, 2.75) is 37.9 Å². The zero-order valence-electron chi connectivity index (χ0n) is 18.1. The van der Waals surface area contributed by atoms with Crippen LogP contribution in [-0.2, 0) is 21.7 Å². The summed E-state index contributed by atoms with van der Waals surface area (Å²) in [5.74, 6) is -0.711. The van der Waals surface area contributed by atoms with E-state index >= 15 is 0 Å². The number of hydrogen-bond acceptors (Lipinski definition) is 3. The van der Waals surface area contributed by atoms with Crippen LogP contribution in [0.3, 0.4) is 0 Å². The molecule has 1 N–H and O–H groups in total. The summed E-state index contributed by atoms with van der Waals surface area (Å²) in [5.41, 5.74) is 1.04. The van der Waals surface area contributed by atoms with E-state index in [2.05, 4.69) is 21.2 Å². The highest BCUT2D eigenvalue weighted by Gasteiger charge is 2.54. The second-order valence-electron chi connectivity index (χ2n) is 8.92. The van der Waals surface area contributed by atoms with E-state index in [1.165, 1.54) is 12.1 Å². The molecule has 170 valence electrons. The minimum Gasteiger partial charge on any atom is -0.334 e. The van der Waals surface area contributed by atoms with Gasteiger partial charge in [-0.2, -0.15) is 0 Å². The largest absolute Gasteiger partial charge is 0.334 e. The van der Waals surface area contributed by atoms with E-state index < -0.39 is 17.5 Å². The van der Waals surface area contributed by atoms with Gasteiger partial charge in [0.1, 0.15) is 12.4 Å². The average molecular weight is 512 g/mol. The number of hydrogen-bond donors (Lipinski definition) is 1. The van der Waals surface area contributed by atoms with Crippen molar-refractivity contribution in [3.63, 3.8) is 0 Å². The van der Waals surface area contributed by atoms with Gasteiger partial charge < -0.3 is 10.2 Å². The monoisotopic (exact) mass is 511 g/mol. The van der Waals surface area contributed by atoms with Crippen LogP contribution in [0, 0.1) is 11.7 Å². The highest BCUT2D eigenvalue weighted by Crippen LogP contribution is 2.40. The number of carbonyl (C=O) groups excluding carboxylic acids is 3. The molecular formula is C25H23BrFN3O3. The molecule has 1 heterocycles. The molecule has 33 heavy (non-hydrogen) atoms. The standard InChI is InChI=1S/C25H23BrFN3O3/c1-15(17-4-5-17)29(13-16-2-7-20(27)8-3-16)22(31)14-30-23(32)25(28-24(30)33)11-10-18-12-19(26)6-9-21(18)25/h2-3,6-12,15,17H,4-5,13-14H2,1H3,(H,28,33). The molecule has 5 rings (SSSR count). The molecular weight excluding hydrogens is 489 g/mol.